The zero-order valence-corrected chi connectivity index (χ0v) is 11.0. The van der Waals surface area contributed by atoms with Gasteiger partial charge in [-0.15, -0.1) is 0 Å². The van der Waals surface area contributed by atoms with Crippen LogP contribution in [-0.4, -0.2) is 18.1 Å². The van der Waals surface area contributed by atoms with E-state index in [-0.39, 0.29) is 0 Å². The Balaban J connectivity index is 1.86. The Morgan fingerprint density at radius 3 is 3.00 bits per heavy atom. The van der Waals surface area contributed by atoms with E-state index in [1.165, 1.54) is 24.8 Å². The molecular formula is C14H22N2O. The van der Waals surface area contributed by atoms with E-state index < -0.39 is 0 Å². The Morgan fingerprint density at radius 2 is 2.35 bits per heavy atom. The first kappa shape index (κ1) is 12.4. The summed E-state index contributed by atoms with van der Waals surface area (Å²) in [5.41, 5.74) is 1.75. The summed E-state index contributed by atoms with van der Waals surface area (Å²) in [4.78, 5) is 4.11. The summed E-state index contributed by atoms with van der Waals surface area (Å²) in [7, 11) is 1.65. The lowest BCUT2D eigenvalue weighted by atomic mass is 9.92. The number of nitrogens with one attached hydrogen (secondary N) is 1. The van der Waals surface area contributed by atoms with E-state index in [4.69, 9.17) is 4.74 Å². The second-order valence-electron chi connectivity index (χ2n) is 5.69. The molecule has 0 aromatic carbocycles. The van der Waals surface area contributed by atoms with Gasteiger partial charge in [0.2, 0.25) is 5.88 Å². The van der Waals surface area contributed by atoms with E-state index in [1.807, 2.05) is 12.1 Å². The molecule has 17 heavy (non-hydrogen) atoms. The number of pyridine rings is 1. The average Bonchev–Trinajstić information content (AvgIpc) is 2.67. The molecule has 1 saturated carbocycles. The Bertz CT molecular complexity index is 376. The third-order valence-corrected chi connectivity index (χ3v) is 3.57. The highest BCUT2D eigenvalue weighted by Gasteiger charge is 2.30. The summed E-state index contributed by atoms with van der Waals surface area (Å²) < 4.78 is 5.12. The summed E-state index contributed by atoms with van der Waals surface area (Å²) >= 11 is 0. The molecule has 1 aromatic heterocycles. The molecule has 1 heterocycles. The van der Waals surface area contributed by atoms with Gasteiger partial charge in [0.15, 0.2) is 0 Å². The van der Waals surface area contributed by atoms with Gasteiger partial charge >= 0.3 is 0 Å². The fourth-order valence-electron chi connectivity index (χ4n) is 2.54. The van der Waals surface area contributed by atoms with Crippen LogP contribution in [-0.2, 0) is 6.54 Å². The first-order chi connectivity index (χ1) is 8.09. The van der Waals surface area contributed by atoms with E-state index >= 15 is 0 Å². The number of rotatable bonds is 4. The van der Waals surface area contributed by atoms with E-state index in [1.54, 1.807) is 13.3 Å². The molecule has 3 nitrogen and oxygen atoms in total. The molecule has 0 spiro atoms. The van der Waals surface area contributed by atoms with Crippen molar-refractivity contribution in [3.05, 3.63) is 23.9 Å². The van der Waals surface area contributed by atoms with Crippen LogP contribution in [0.4, 0.5) is 0 Å². The topological polar surface area (TPSA) is 34.1 Å². The van der Waals surface area contributed by atoms with Crippen molar-refractivity contribution in [2.75, 3.05) is 7.11 Å². The maximum Gasteiger partial charge on any atom is 0.213 e. The summed E-state index contributed by atoms with van der Waals surface area (Å²) in [6.45, 7) is 5.61. The number of methoxy groups -OCH3 is 1. The predicted octanol–water partition coefficient (Wildman–Crippen LogP) is 2.76. The molecule has 1 unspecified atom stereocenters. The van der Waals surface area contributed by atoms with Crippen LogP contribution in [0.1, 0.15) is 38.7 Å². The van der Waals surface area contributed by atoms with Gasteiger partial charge in [-0.25, -0.2) is 4.98 Å². The average molecular weight is 234 g/mol. The van der Waals surface area contributed by atoms with Crippen molar-refractivity contribution in [3.63, 3.8) is 0 Å². The molecule has 1 atom stereocenters. The third kappa shape index (κ3) is 3.43. The second kappa shape index (κ2) is 5.05. The van der Waals surface area contributed by atoms with E-state index in [0.717, 1.165) is 6.54 Å². The molecule has 1 aromatic rings. The van der Waals surface area contributed by atoms with Crippen LogP contribution in [0.25, 0.3) is 0 Å². The van der Waals surface area contributed by atoms with E-state index in [0.29, 0.717) is 17.3 Å². The number of hydrogen-bond acceptors (Lipinski definition) is 3. The maximum atomic E-state index is 5.12. The molecule has 0 radical (unpaired) electrons. The molecular weight excluding hydrogens is 212 g/mol. The molecule has 2 rings (SSSR count). The largest absolute Gasteiger partial charge is 0.481 e. The van der Waals surface area contributed by atoms with Gasteiger partial charge in [-0.05, 0) is 36.3 Å². The number of hydrogen-bond donors (Lipinski definition) is 1. The van der Waals surface area contributed by atoms with Crippen molar-refractivity contribution in [2.24, 2.45) is 5.41 Å². The molecule has 0 bridgehead atoms. The number of aromatic nitrogens is 1. The van der Waals surface area contributed by atoms with Gasteiger partial charge in [-0.2, -0.15) is 0 Å². The van der Waals surface area contributed by atoms with Crippen molar-refractivity contribution in [3.8, 4) is 5.88 Å². The normalized spacial score (nSPS) is 22.6. The Morgan fingerprint density at radius 1 is 1.53 bits per heavy atom. The molecule has 0 saturated heterocycles. The molecule has 1 aliphatic rings. The second-order valence-corrected chi connectivity index (χ2v) is 5.69. The minimum atomic E-state index is 0.508. The lowest BCUT2D eigenvalue weighted by Crippen LogP contribution is -2.26. The Labute approximate surface area is 104 Å². The van der Waals surface area contributed by atoms with Crippen LogP contribution in [0.2, 0.25) is 0 Å². The van der Waals surface area contributed by atoms with Crippen LogP contribution in [0, 0.1) is 5.41 Å². The minimum absolute atomic E-state index is 0.508. The van der Waals surface area contributed by atoms with Gasteiger partial charge in [0, 0.05) is 24.8 Å². The smallest absolute Gasteiger partial charge is 0.213 e. The Hall–Kier alpha value is -1.09. The molecule has 1 aliphatic carbocycles. The van der Waals surface area contributed by atoms with Gasteiger partial charge in [-0.1, -0.05) is 13.8 Å². The van der Waals surface area contributed by atoms with Gasteiger partial charge in [0.1, 0.15) is 0 Å². The first-order valence-corrected chi connectivity index (χ1v) is 6.31. The SMILES string of the molecule is COc1cc(CNC2CCC(C)(C)C2)ccn1. The number of ether oxygens (including phenoxy) is 1. The van der Waals surface area contributed by atoms with Crippen molar-refractivity contribution in [2.45, 2.75) is 45.7 Å². The van der Waals surface area contributed by atoms with Crippen molar-refractivity contribution < 1.29 is 4.74 Å². The summed E-state index contributed by atoms with van der Waals surface area (Å²) in [5, 5.41) is 3.62. The van der Waals surface area contributed by atoms with Gasteiger partial charge in [0.25, 0.3) is 0 Å². The van der Waals surface area contributed by atoms with Crippen LogP contribution < -0.4 is 10.1 Å². The maximum absolute atomic E-state index is 5.12. The Kier molecular flexibility index (Phi) is 3.67. The third-order valence-electron chi connectivity index (χ3n) is 3.57. The van der Waals surface area contributed by atoms with Crippen molar-refractivity contribution in [1.29, 1.82) is 0 Å². The summed E-state index contributed by atoms with van der Waals surface area (Å²) in [6.07, 6.45) is 5.68. The summed E-state index contributed by atoms with van der Waals surface area (Å²) in [6, 6.07) is 4.69. The highest BCUT2D eigenvalue weighted by atomic mass is 16.5. The van der Waals surface area contributed by atoms with Gasteiger partial charge in [-0.3, -0.25) is 0 Å². The molecule has 1 N–H and O–H groups in total. The first-order valence-electron chi connectivity index (χ1n) is 6.31. The molecule has 1 fully saturated rings. The lowest BCUT2D eigenvalue weighted by molar-refractivity contribution is 0.364. The van der Waals surface area contributed by atoms with E-state index in [9.17, 15) is 0 Å². The van der Waals surface area contributed by atoms with Crippen molar-refractivity contribution >= 4 is 0 Å². The minimum Gasteiger partial charge on any atom is -0.481 e. The van der Waals surface area contributed by atoms with Crippen LogP contribution >= 0.6 is 0 Å². The lowest BCUT2D eigenvalue weighted by Gasteiger charge is -2.18. The number of nitrogens with zero attached hydrogens (tertiary/aromatic N) is 1. The molecule has 3 heteroatoms. The molecule has 0 aliphatic heterocycles. The van der Waals surface area contributed by atoms with Crippen LogP contribution in [0.5, 0.6) is 5.88 Å². The van der Waals surface area contributed by atoms with Crippen molar-refractivity contribution in [1.82, 2.24) is 10.3 Å². The molecule has 0 amide bonds. The van der Waals surface area contributed by atoms with Crippen LogP contribution in [0.3, 0.4) is 0 Å². The van der Waals surface area contributed by atoms with Gasteiger partial charge in [0.05, 0.1) is 7.11 Å². The quantitative estimate of drug-likeness (QED) is 0.870. The fourth-order valence-corrected chi connectivity index (χ4v) is 2.54. The monoisotopic (exact) mass is 234 g/mol. The van der Waals surface area contributed by atoms with Crippen LogP contribution in [0.15, 0.2) is 18.3 Å². The highest BCUT2D eigenvalue weighted by Crippen LogP contribution is 2.36. The summed E-state index contributed by atoms with van der Waals surface area (Å²) in [5.74, 6) is 0.691. The highest BCUT2D eigenvalue weighted by molar-refractivity contribution is 5.20. The predicted molar refractivity (Wildman–Crippen MR) is 69.0 cm³/mol. The molecule has 94 valence electrons. The van der Waals surface area contributed by atoms with Gasteiger partial charge < -0.3 is 10.1 Å². The zero-order valence-electron chi connectivity index (χ0n) is 11.0. The standard InChI is InChI=1S/C14H22N2O/c1-14(2)6-4-12(9-14)16-10-11-5-7-15-13(8-11)17-3/h5,7-8,12,16H,4,6,9-10H2,1-3H3. The van der Waals surface area contributed by atoms with E-state index in [2.05, 4.69) is 24.1 Å². The fraction of sp³-hybridized carbons (Fsp3) is 0.643. The zero-order chi connectivity index (χ0) is 12.3.